The Bertz CT molecular complexity index is 956. The summed E-state index contributed by atoms with van der Waals surface area (Å²) in [6.45, 7) is 6.08. The fraction of sp³-hybridized carbons (Fsp3) is 0.348. The molecule has 0 unspecified atom stereocenters. The molecule has 6 heteroatoms. The molecule has 1 aromatic heterocycles. The predicted octanol–water partition coefficient (Wildman–Crippen LogP) is 5.53. The number of carbonyl (C=O) groups excluding carboxylic acids is 1. The zero-order valence-electron chi connectivity index (χ0n) is 17.0. The Balaban J connectivity index is 1.72. The highest BCUT2D eigenvalue weighted by Gasteiger charge is 2.26. The summed E-state index contributed by atoms with van der Waals surface area (Å²) >= 11 is 6.22. The summed E-state index contributed by atoms with van der Waals surface area (Å²) in [4.78, 5) is 17.1. The highest BCUT2D eigenvalue weighted by Crippen LogP contribution is 2.27. The zero-order valence-corrected chi connectivity index (χ0v) is 17.7. The van der Waals surface area contributed by atoms with Crippen molar-refractivity contribution < 1.29 is 9.32 Å². The number of benzene rings is 2. The van der Waals surface area contributed by atoms with Crippen molar-refractivity contribution in [3.63, 3.8) is 0 Å². The largest absolute Gasteiger partial charge is 0.344 e. The van der Waals surface area contributed by atoms with Crippen LogP contribution in [0.4, 0.5) is 0 Å². The Morgan fingerprint density at radius 2 is 1.97 bits per heavy atom. The van der Waals surface area contributed by atoms with E-state index in [1.165, 1.54) is 0 Å². The second kappa shape index (κ2) is 9.70. The van der Waals surface area contributed by atoms with Crippen molar-refractivity contribution >= 4 is 17.5 Å². The molecule has 3 rings (SSSR count). The molecule has 0 fully saturated rings. The second-order valence-electron chi connectivity index (χ2n) is 7.34. The molecule has 3 aromatic rings. The number of aryl methyl sites for hydroxylation is 2. The van der Waals surface area contributed by atoms with E-state index in [-0.39, 0.29) is 17.9 Å². The van der Waals surface area contributed by atoms with Crippen LogP contribution in [0.3, 0.4) is 0 Å². The molecule has 0 saturated heterocycles. The second-order valence-corrected chi connectivity index (χ2v) is 7.74. The first-order valence-electron chi connectivity index (χ1n) is 9.91. The quantitative estimate of drug-likeness (QED) is 0.528. The third-order valence-electron chi connectivity index (χ3n) is 5.15. The molecule has 1 N–H and O–H groups in total. The van der Waals surface area contributed by atoms with Crippen LogP contribution in [-0.4, -0.2) is 16.0 Å². The highest BCUT2D eigenvalue weighted by atomic mass is 35.5. The fourth-order valence-electron chi connectivity index (χ4n) is 3.04. The van der Waals surface area contributed by atoms with Crippen molar-refractivity contribution in [2.75, 3.05) is 0 Å². The van der Waals surface area contributed by atoms with Crippen LogP contribution in [0, 0.1) is 12.8 Å². The monoisotopic (exact) mass is 411 g/mol. The number of aromatic nitrogens is 2. The number of hydrogen-bond acceptors (Lipinski definition) is 4. The summed E-state index contributed by atoms with van der Waals surface area (Å²) in [5, 5.41) is 7.83. The Hall–Kier alpha value is -2.66. The van der Waals surface area contributed by atoms with Gasteiger partial charge < -0.3 is 9.84 Å². The van der Waals surface area contributed by atoms with Crippen LogP contribution >= 0.6 is 11.6 Å². The normalized spacial score (nSPS) is 13.1. The van der Waals surface area contributed by atoms with Crippen LogP contribution in [0.1, 0.15) is 49.7 Å². The first kappa shape index (κ1) is 21.1. The Labute approximate surface area is 176 Å². The van der Waals surface area contributed by atoms with Crippen molar-refractivity contribution in [3.05, 3.63) is 70.6 Å². The van der Waals surface area contributed by atoms with E-state index < -0.39 is 0 Å². The third-order valence-corrected chi connectivity index (χ3v) is 5.56. The lowest BCUT2D eigenvalue weighted by Crippen LogP contribution is -2.32. The molecule has 5 nitrogen and oxygen atoms in total. The van der Waals surface area contributed by atoms with Gasteiger partial charge in [-0.3, -0.25) is 4.79 Å². The summed E-state index contributed by atoms with van der Waals surface area (Å²) in [6.07, 6.45) is 1.97. The molecule has 0 aliphatic heterocycles. The van der Waals surface area contributed by atoms with Gasteiger partial charge in [-0.1, -0.05) is 79.5 Å². The van der Waals surface area contributed by atoms with E-state index in [0.29, 0.717) is 29.6 Å². The fourth-order valence-corrected chi connectivity index (χ4v) is 3.22. The van der Waals surface area contributed by atoms with Crippen molar-refractivity contribution in [1.82, 2.24) is 15.5 Å². The lowest BCUT2D eigenvalue weighted by atomic mass is 9.98. The summed E-state index contributed by atoms with van der Waals surface area (Å²) in [6, 6.07) is 15.3. The van der Waals surface area contributed by atoms with Crippen LogP contribution in [0.15, 0.2) is 53.1 Å². The van der Waals surface area contributed by atoms with Crippen molar-refractivity contribution in [2.24, 2.45) is 5.92 Å². The standard InChI is InChI=1S/C23H26ClN3O2/c1-4-15(2)21(25-20(28)13-11-17-8-6-5-7-9-17)23-26-22(27-29-23)18-12-10-16(3)19(24)14-18/h5-10,12,14-15,21H,4,11,13H2,1-3H3,(H,25,28)/t15-,21-/m1/s1. The number of amides is 1. The summed E-state index contributed by atoms with van der Waals surface area (Å²) in [5.41, 5.74) is 2.91. The van der Waals surface area contributed by atoms with Gasteiger partial charge in [0.05, 0.1) is 0 Å². The molecule has 0 radical (unpaired) electrons. The summed E-state index contributed by atoms with van der Waals surface area (Å²) < 4.78 is 5.52. The molecule has 0 aliphatic rings. The lowest BCUT2D eigenvalue weighted by Gasteiger charge is -2.20. The predicted molar refractivity (Wildman–Crippen MR) is 115 cm³/mol. The van der Waals surface area contributed by atoms with Gasteiger partial charge in [0.15, 0.2) is 0 Å². The molecule has 2 atom stereocenters. The lowest BCUT2D eigenvalue weighted by molar-refractivity contribution is -0.122. The maximum absolute atomic E-state index is 12.6. The van der Waals surface area contributed by atoms with E-state index >= 15 is 0 Å². The number of nitrogens with one attached hydrogen (secondary N) is 1. The molecule has 0 bridgehead atoms. The van der Waals surface area contributed by atoms with Gasteiger partial charge in [0, 0.05) is 17.0 Å². The van der Waals surface area contributed by atoms with Gasteiger partial charge in [0.1, 0.15) is 6.04 Å². The number of carbonyl (C=O) groups is 1. The first-order valence-corrected chi connectivity index (χ1v) is 10.3. The van der Waals surface area contributed by atoms with Gasteiger partial charge in [-0.2, -0.15) is 4.98 Å². The SMILES string of the molecule is CC[C@@H](C)[C@@H](NC(=O)CCc1ccccc1)c1nc(-c2ccc(C)c(Cl)c2)no1. The molecule has 1 amide bonds. The molecule has 0 aliphatic carbocycles. The first-order chi connectivity index (χ1) is 14.0. The van der Waals surface area contributed by atoms with Gasteiger partial charge >= 0.3 is 0 Å². The van der Waals surface area contributed by atoms with Crippen molar-refractivity contribution in [2.45, 2.75) is 46.1 Å². The molecular weight excluding hydrogens is 386 g/mol. The van der Waals surface area contributed by atoms with Gasteiger partial charge in [-0.25, -0.2) is 0 Å². The number of halogens is 1. The van der Waals surface area contributed by atoms with Gasteiger partial charge in [0.2, 0.25) is 17.6 Å². The molecular formula is C23H26ClN3O2. The molecule has 2 aromatic carbocycles. The smallest absolute Gasteiger partial charge is 0.249 e. The molecule has 0 saturated carbocycles. The maximum Gasteiger partial charge on any atom is 0.249 e. The molecule has 152 valence electrons. The summed E-state index contributed by atoms with van der Waals surface area (Å²) in [5.74, 6) is 1.01. The highest BCUT2D eigenvalue weighted by molar-refractivity contribution is 6.31. The molecule has 29 heavy (non-hydrogen) atoms. The Kier molecular flexibility index (Phi) is 7.04. The van der Waals surface area contributed by atoms with Gasteiger partial charge in [-0.15, -0.1) is 0 Å². The van der Waals surface area contributed by atoms with E-state index in [1.807, 2.05) is 55.5 Å². The molecule has 1 heterocycles. The maximum atomic E-state index is 12.6. The van der Waals surface area contributed by atoms with Crippen LogP contribution in [0.5, 0.6) is 0 Å². The van der Waals surface area contributed by atoms with Gasteiger partial charge in [-0.05, 0) is 36.5 Å². The van der Waals surface area contributed by atoms with E-state index in [2.05, 4.69) is 29.3 Å². The van der Waals surface area contributed by atoms with E-state index in [0.717, 1.165) is 23.1 Å². The average molecular weight is 412 g/mol. The number of nitrogens with zero attached hydrogens (tertiary/aromatic N) is 2. The number of hydrogen-bond donors (Lipinski definition) is 1. The Morgan fingerprint density at radius 1 is 1.21 bits per heavy atom. The topological polar surface area (TPSA) is 68.0 Å². The van der Waals surface area contributed by atoms with E-state index in [4.69, 9.17) is 16.1 Å². The molecule has 0 spiro atoms. The van der Waals surface area contributed by atoms with Crippen LogP contribution in [0.2, 0.25) is 5.02 Å². The van der Waals surface area contributed by atoms with Crippen molar-refractivity contribution in [1.29, 1.82) is 0 Å². The van der Waals surface area contributed by atoms with E-state index in [1.54, 1.807) is 0 Å². The minimum absolute atomic E-state index is 0.0303. The zero-order chi connectivity index (χ0) is 20.8. The minimum Gasteiger partial charge on any atom is -0.344 e. The van der Waals surface area contributed by atoms with Crippen LogP contribution in [-0.2, 0) is 11.2 Å². The Morgan fingerprint density at radius 3 is 2.66 bits per heavy atom. The van der Waals surface area contributed by atoms with E-state index in [9.17, 15) is 4.79 Å². The third kappa shape index (κ3) is 5.45. The van der Waals surface area contributed by atoms with Crippen LogP contribution in [0.25, 0.3) is 11.4 Å². The van der Waals surface area contributed by atoms with Gasteiger partial charge in [0.25, 0.3) is 0 Å². The minimum atomic E-state index is -0.328. The van der Waals surface area contributed by atoms with Crippen molar-refractivity contribution in [3.8, 4) is 11.4 Å². The number of rotatable bonds is 8. The average Bonchev–Trinajstić information content (AvgIpc) is 3.22. The summed E-state index contributed by atoms with van der Waals surface area (Å²) in [7, 11) is 0. The van der Waals surface area contributed by atoms with Crippen LogP contribution < -0.4 is 5.32 Å².